The zero-order chi connectivity index (χ0) is 20.0. The molecule has 0 saturated carbocycles. The van der Waals surface area contributed by atoms with Gasteiger partial charge in [0.05, 0.1) is 10.7 Å². The van der Waals surface area contributed by atoms with Gasteiger partial charge in [-0.25, -0.2) is 0 Å². The van der Waals surface area contributed by atoms with Crippen LogP contribution in [0.3, 0.4) is 0 Å². The van der Waals surface area contributed by atoms with Crippen molar-refractivity contribution >= 4 is 29.3 Å². The third-order valence-electron chi connectivity index (χ3n) is 3.75. The van der Waals surface area contributed by atoms with Crippen LogP contribution in [0.5, 0.6) is 0 Å². The maximum absolute atomic E-state index is 11.9. The Kier molecular flexibility index (Phi) is 6.57. The molecule has 142 valence electrons. The third kappa shape index (κ3) is 6.10. The van der Waals surface area contributed by atoms with Crippen LogP contribution in [0.25, 0.3) is 0 Å². The summed E-state index contributed by atoms with van der Waals surface area (Å²) in [5, 5.41) is 10.6. The molecule has 27 heavy (non-hydrogen) atoms. The van der Waals surface area contributed by atoms with Crippen molar-refractivity contribution in [1.29, 1.82) is 0 Å². The number of hydrogen-bond acceptors (Lipinski definition) is 5. The monoisotopic (exact) mass is 387 g/mol. The molecule has 2 amide bonds. The molecule has 0 spiro atoms. The molecule has 2 aromatic carbocycles. The van der Waals surface area contributed by atoms with Crippen molar-refractivity contribution in [3.63, 3.8) is 0 Å². The summed E-state index contributed by atoms with van der Waals surface area (Å²) in [4.78, 5) is 34.8. The molecule has 0 saturated heterocycles. The van der Waals surface area contributed by atoms with E-state index in [9.17, 15) is 19.7 Å². The van der Waals surface area contributed by atoms with Crippen LogP contribution in [0, 0.1) is 10.1 Å². The van der Waals surface area contributed by atoms with E-state index in [1.165, 1.54) is 41.6 Å². The van der Waals surface area contributed by atoms with Crippen LogP contribution in [0.1, 0.15) is 36.7 Å². The molecule has 2 N–H and O–H groups in total. The van der Waals surface area contributed by atoms with Gasteiger partial charge in [0.25, 0.3) is 11.6 Å². The second kappa shape index (κ2) is 8.68. The molecule has 0 aliphatic rings. The predicted molar refractivity (Wildman–Crippen MR) is 105 cm³/mol. The second-order valence-electron chi connectivity index (χ2n) is 6.87. The van der Waals surface area contributed by atoms with Crippen LogP contribution in [-0.4, -0.2) is 22.5 Å². The molecule has 0 bridgehead atoms. The summed E-state index contributed by atoms with van der Waals surface area (Å²) in [6.45, 7) is 6.41. The fourth-order valence-electron chi connectivity index (χ4n) is 2.17. The lowest BCUT2D eigenvalue weighted by Gasteiger charge is -2.19. The average molecular weight is 387 g/mol. The number of rotatable bonds is 5. The Labute approximate surface area is 161 Å². The number of amides is 2. The van der Waals surface area contributed by atoms with Crippen LogP contribution < -0.4 is 10.9 Å². The molecule has 0 aliphatic carbocycles. The van der Waals surface area contributed by atoms with E-state index in [-0.39, 0.29) is 28.3 Å². The van der Waals surface area contributed by atoms with Gasteiger partial charge in [0.15, 0.2) is 0 Å². The Morgan fingerprint density at radius 3 is 2.11 bits per heavy atom. The summed E-state index contributed by atoms with van der Waals surface area (Å²) >= 11 is 1.36. The first-order valence-electron chi connectivity index (χ1n) is 8.24. The fraction of sp³-hybridized carbons (Fsp3) is 0.263. The first-order chi connectivity index (χ1) is 12.7. The number of non-ortho nitro benzene ring substituents is 1. The van der Waals surface area contributed by atoms with Gasteiger partial charge in [-0.2, -0.15) is 0 Å². The molecule has 7 nitrogen and oxygen atoms in total. The van der Waals surface area contributed by atoms with E-state index < -0.39 is 10.8 Å². The first kappa shape index (κ1) is 20.4. The highest BCUT2D eigenvalue weighted by Gasteiger charge is 2.13. The van der Waals surface area contributed by atoms with Crippen LogP contribution >= 0.6 is 11.8 Å². The summed E-state index contributed by atoms with van der Waals surface area (Å²) in [6, 6.07) is 13.1. The minimum Gasteiger partial charge on any atom is -0.272 e. The highest BCUT2D eigenvalue weighted by atomic mass is 32.2. The second-order valence-corrected chi connectivity index (χ2v) is 7.92. The lowest BCUT2D eigenvalue weighted by Crippen LogP contribution is -2.42. The molecule has 0 atom stereocenters. The van der Waals surface area contributed by atoms with Crippen molar-refractivity contribution in [3.8, 4) is 0 Å². The number of carbonyl (C=O) groups is 2. The van der Waals surface area contributed by atoms with Crippen molar-refractivity contribution < 1.29 is 14.5 Å². The molecule has 0 aliphatic heterocycles. The average Bonchev–Trinajstić information content (AvgIpc) is 2.64. The van der Waals surface area contributed by atoms with Crippen LogP contribution in [0.4, 0.5) is 5.69 Å². The molecule has 0 unspecified atom stereocenters. The van der Waals surface area contributed by atoms with E-state index in [2.05, 4.69) is 31.6 Å². The molecule has 0 aromatic heterocycles. The van der Waals surface area contributed by atoms with E-state index in [0.29, 0.717) is 0 Å². The Balaban J connectivity index is 1.80. The highest BCUT2D eigenvalue weighted by molar-refractivity contribution is 8.00. The van der Waals surface area contributed by atoms with E-state index in [1.807, 2.05) is 24.3 Å². The van der Waals surface area contributed by atoms with E-state index in [0.717, 1.165) is 4.90 Å². The van der Waals surface area contributed by atoms with Crippen LogP contribution in [0.2, 0.25) is 0 Å². The maximum atomic E-state index is 11.9. The van der Waals surface area contributed by atoms with Gasteiger partial charge in [-0.15, -0.1) is 11.8 Å². The fourth-order valence-corrected chi connectivity index (χ4v) is 2.87. The Morgan fingerprint density at radius 1 is 1.00 bits per heavy atom. The van der Waals surface area contributed by atoms with Gasteiger partial charge in [-0.3, -0.25) is 30.6 Å². The number of thioether (sulfide) groups is 1. The molecule has 0 radical (unpaired) electrons. The van der Waals surface area contributed by atoms with Gasteiger partial charge in [-0.1, -0.05) is 32.9 Å². The normalized spacial score (nSPS) is 10.9. The third-order valence-corrected chi connectivity index (χ3v) is 4.76. The first-order valence-corrected chi connectivity index (χ1v) is 9.22. The summed E-state index contributed by atoms with van der Waals surface area (Å²) in [5.41, 5.74) is 6.02. The number of nitro groups is 1. The Hall–Kier alpha value is -2.87. The molecular weight excluding hydrogens is 366 g/mol. The number of nitrogens with one attached hydrogen (secondary N) is 2. The van der Waals surface area contributed by atoms with Gasteiger partial charge in [0.2, 0.25) is 5.91 Å². The number of hydrogen-bond donors (Lipinski definition) is 2. The minimum absolute atomic E-state index is 0.0721. The van der Waals surface area contributed by atoms with Gasteiger partial charge in [-0.05, 0) is 35.2 Å². The number of carbonyl (C=O) groups excluding carboxylic acids is 2. The Bertz CT molecular complexity index is 828. The molecule has 8 heteroatoms. The SMILES string of the molecule is CC(C)(C)c1ccc(SCC(=O)NNC(=O)c2ccc([N+](=O)[O-])cc2)cc1. The lowest BCUT2D eigenvalue weighted by atomic mass is 9.87. The molecule has 0 heterocycles. The van der Waals surface area contributed by atoms with E-state index in [1.54, 1.807) is 0 Å². The topological polar surface area (TPSA) is 101 Å². The van der Waals surface area contributed by atoms with Crippen molar-refractivity contribution in [2.45, 2.75) is 31.1 Å². The Morgan fingerprint density at radius 2 is 1.59 bits per heavy atom. The van der Waals surface area contributed by atoms with Crippen molar-refractivity contribution in [2.24, 2.45) is 0 Å². The number of benzene rings is 2. The number of hydrazine groups is 1. The van der Waals surface area contributed by atoms with Gasteiger partial charge in [0.1, 0.15) is 0 Å². The molecular formula is C19H21N3O4S. The number of nitrogens with zero attached hydrogens (tertiary/aromatic N) is 1. The maximum Gasteiger partial charge on any atom is 0.269 e. The van der Waals surface area contributed by atoms with Gasteiger partial charge < -0.3 is 0 Å². The molecule has 0 fully saturated rings. The largest absolute Gasteiger partial charge is 0.272 e. The standard InChI is InChI=1S/C19H21N3O4S/c1-19(2,3)14-6-10-16(11-7-14)27-12-17(23)20-21-18(24)13-4-8-15(9-5-13)22(25)26/h4-11H,12H2,1-3H3,(H,20,23)(H,21,24). The summed E-state index contributed by atoms with van der Waals surface area (Å²) in [6.07, 6.45) is 0. The predicted octanol–water partition coefficient (Wildman–Crippen LogP) is 3.45. The van der Waals surface area contributed by atoms with Gasteiger partial charge in [0, 0.05) is 22.6 Å². The van der Waals surface area contributed by atoms with E-state index >= 15 is 0 Å². The van der Waals surface area contributed by atoms with Crippen LogP contribution in [0.15, 0.2) is 53.4 Å². The van der Waals surface area contributed by atoms with Crippen LogP contribution in [-0.2, 0) is 10.2 Å². The lowest BCUT2D eigenvalue weighted by molar-refractivity contribution is -0.384. The quantitative estimate of drug-likeness (QED) is 0.465. The summed E-state index contributed by atoms with van der Waals surface area (Å²) < 4.78 is 0. The zero-order valence-electron chi connectivity index (χ0n) is 15.3. The summed E-state index contributed by atoms with van der Waals surface area (Å²) in [7, 11) is 0. The van der Waals surface area contributed by atoms with Crippen molar-refractivity contribution in [1.82, 2.24) is 10.9 Å². The van der Waals surface area contributed by atoms with E-state index in [4.69, 9.17) is 0 Å². The zero-order valence-corrected chi connectivity index (χ0v) is 16.1. The van der Waals surface area contributed by atoms with Crippen molar-refractivity contribution in [2.75, 3.05) is 5.75 Å². The highest BCUT2D eigenvalue weighted by Crippen LogP contribution is 2.25. The minimum atomic E-state index is -0.547. The van der Waals surface area contributed by atoms with Crippen molar-refractivity contribution in [3.05, 3.63) is 69.8 Å². The number of nitro benzene ring substituents is 1. The molecule has 2 aromatic rings. The molecule has 2 rings (SSSR count). The smallest absolute Gasteiger partial charge is 0.269 e. The van der Waals surface area contributed by atoms with Gasteiger partial charge >= 0.3 is 0 Å². The summed E-state index contributed by atoms with van der Waals surface area (Å²) in [5.74, 6) is -0.747.